The number of hydrogen-bond acceptors (Lipinski definition) is 3. The van der Waals surface area contributed by atoms with E-state index in [1.165, 1.54) is 31.4 Å². The lowest BCUT2D eigenvalue weighted by Gasteiger charge is -2.57. The van der Waals surface area contributed by atoms with E-state index in [1.54, 1.807) is 0 Å². The second kappa shape index (κ2) is 10.9. The number of likely N-dealkylation sites (tertiary alicyclic amines) is 1. The Hall–Kier alpha value is -1.41. The van der Waals surface area contributed by atoms with Crippen LogP contribution in [0.4, 0.5) is 22.0 Å². The molecule has 0 N–H and O–H groups in total. The van der Waals surface area contributed by atoms with Crippen LogP contribution >= 0.6 is 0 Å². The van der Waals surface area contributed by atoms with Crippen LogP contribution in [0.5, 0.6) is 5.75 Å². The highest BCUT2D eigenvalue weighted by Crippen LogP contribution is 2.69. The lowest BCUT2D eigenvalue weighted by atomic mass is 9.49. The first-order valence-corrected chi connectivity index (χ1v) is 16.3. The fourth-order valence-corrected chi connectivity index (χ4v) is 9.34. The third kappa shape index (κ3) is 6.23. The minimum Gasteiger partial charge on any atom is -0.406 e. The molecule has 1 heterocycles. The molecule has 0 spiro atoms. The molecule has 8 heteroatoms. The van der Waals surface area contributed by atoms with E-state index >= 15 is 0 Å². The fraction of sp³-hybridized carbons (Fsp3) is 0.824. The summed E-state index contributed by atoms with van der Waals surface area (Å²) in [7, 11) is 2.16. The maximum absolute atomic E-state index is 14.6. The number of alkyl halides is 5. The number of benzene rings is 1. The predicted molar refractivity (Wildman–Crippen MR) is 153 cm³/mol. The molecule has 1 aromatic carbocycles. The first-order chi connectivity index (χ1) is 19.8. The first kappa shape index (κ1) is 30.6. The van der Waals surface area contributed by atoms with Gasteiger partial charge in [0.15, 0.2) is 0 Å². The molecule has 1 aromatic rings. The van der Waals surface area contributed by atoms with Gasteiger partial charge in [-0.3, -0.25) is 0 Å². The Morgan fingerprint density at radius 1 is 0.976 bits per heavy atom. The van der Waals surface area contributed by atoms with E-state index in [0.29, 0.717) is 25.0 Å². The molecule has 5 fully saturated rings. The minimum absolute atomic E-state index is 0.0235. The van der Waals surface area contributed by atoms with Crippen molar-refractivity contribution in [2.75, 3.05) is 33.4 Å². The van der Waals surface area contributed by atoms with Crippen molar-refractivity contribution in [1.29, 1.82) is 0 Å². The minimum atomic E-state index is -4.74. The Morgan fingerprint density at radius 2 is 1.62 bits per heavy atom. The number of hydrogen-bond donors (Lipinski definition) is 0. The molecule has 0 amide bonds. The van der Waals surface area contributed by atoms with Gasteiger partial charge >= 0.3 is 6.36 Å². The van der Waals surface area contributed by atoms with Crippen LogP contribution in [0.2, 0.25) is 0 Å². The Morgan fingerprint density at radius 3 is 2.07 bits per heavy atom. The van der Waals surface area contributed by atoms with Crippen molar-refractivity contribution < 1.29 is 31.4 Å². The van der Waals surface area contributed by atoms with Crippen LogP contribution in [-0.4, -0.2) is 50.5 Å². The molecular weight excluding hydrogens is 549 g/mol. The Labute approximate surface area is 247 Å². The second-order valence-corrected chi connectivity index (χ2v) is 15.2. The van der Waals surface area contributed by atoms with Crippen LogP contribution in [0.3, 0.4) is 0 Å². The van der Waals surface area contributed by atoms with Crippen molar-refractivity contribution in [3.05, 3.63) is 29.8 Å². The van der Waals surface area contributed by atoms with Gasteiger partial charge in [0.2, 0.25) is 5.92 Å². The van der Waals surface area contributed by atoms with E-state index in [-0.39, 0.29) is 52.6 Å². The van der Waals surface area contributed by atoms with Gasteiger partial charge in [0.25, 0.3) is 0 Å². The number of rotatable bonds is 14. The lowest BCUT2D eigenvalue weighted by Crippen LogP contribution is -2.54. The lowest BCUT2D eigenvalue weighted by molar-refractivity contribution is -0.274. The van der Waals surface area contributed by atoms with Gasteiger partial charge in [-0.25, -0.2) is 8.78 Å². The van der Waals surface area contributed by atoms with Crippen LogP contribution < -0.4 is 4.74 Å². The number of halogens is 5. The molecule has 236 valence electrons. The zero-order valence-corrected chi connectivity index (χ0v) is 25.5. The largest absolute Gasteiger partial charge is 0.573 e. The molecule has 0 aromatic heterocycles. The third-order valence-electron chi connectivity index (χ3n) is 12.1. The zero-order valence-electron chi connectivity index (χ0n) is 25.5. The maximum Gasteiger partial charge on any atom is 0.573 e. The molecule has 3 nitrogen and oxygen atoms in total. The summed E-state index contributed by atoms with van der Waals surface area (Å²) in [5.74, 6) is -1.43. The summed E-state index contributed by atoms with van der Waals surface area (Å²) in [5.41, 5.74) is 1.12. The molecule has 6 rings (SSSR count). The molecule has 1 aliphatic heterocycles. The fourth-order valence-electron chi connectivity index (χ4n) is 9.34. The quantitative estimate of drug-likeness (QED) is 0.200. The van der Waals surface area contributed by atoms with Crippen LogP contribution in [0.25, 0.3) is 0 Å². The molecule has 4 aliphatic carbocycles. The summed E-state index contributed by atoms with van der Waals surface area (Å²) in [6.07, 6.45) is 4.88. The van der Waals surface area contributed by atoms with Crippen molar-refractivity contribution in [1.82, 2.24) is 4.90 Å². The summed E-state index contributed by atoms with van der Waals surface area (Å²) in [4.78, 5) is 2.36. The van der Waals surface area contributed by atoms with E-state index in [0.717, 1.165) is 57.2 Å². The van der Waals surface area contributed by atoms with Gasteiger partial charge in [-0.05, 0) is 129 Å². The highest BCUT2D eigenvalue weighted by Gasteiger charge is 2.64. The molecule has 42 heavy (non-hydrogen) atoms. The zero-order chi connectivity index (χ0) is 30.0. The van der Waals surface area contributed by atoms with Crippen LogP contribution in [0.1, 0.15) is 90.0 Å². The smallest absolute Gasteiger partial charge is 0.406 e. The standard InChI is InChI=1S/C34H48F5NO2/c1-4-41-22-31(12-13-31)19-27(24-17-33(35,36)18-24)29(28(30(2)10-5-11-30)16-23-20-40(3)21-23)32(14-15-32)25-6-8-26(9-7-25)42-34(37,38)39/h6-9,23-24,27-29H,4-5,10-22H2,1-3H3. The van der Waals surface area contributed by atoms with E-state index in [2.05, 4.69) is 23.6 Å². The summed E-state index contributed by atoms with van der Waals surface area (Å²) in [6, 6.07) is 6.56. The summed E-state index contributed by atoms with van der Waals surface area (Å²) in [6.45, 7) is 7.96. The van der Waals surface area contributed by atoms with Crippen LogP contribution in [0, 0.1) is 40.4 Å². The topological polar surface area (TPSA) is 21.7 Å². The average Bonchev–Trinajstić information content (AvgIpc) is 3.79. The van der Waals surface area contributed by atoms with Crippen LogP contribution in [0.15, 0.2) is 24.3 Å². The summed E-state index contributed by atoms with van der Waals surface area (Å²) in [5, 5.41) is 0. The second-order valence-electron chi connectivity index (χ2n) is 15.2. The van der Waals surface area contributed by atoms with Crippen molar-refractivity contribution >= 4 is 0 Å². The maximum atomic E-state index is 14.6. The molecule has 1 saturated heterocycles. The number of nitrogens with zero attached hydrogens (tertiary/aromatic N) is 1. The molecule has 5 aliphatic rings. The van der Waals surface area contributed by atoms with Crippen LogP contribution in [-0.2, 0) is 10.2 Å². The normalized spacial score (nSPS) is 28.1. The van der Waals surface area contributed by atoms with Crippen molar-refractivity contribution in [3.63, 3.8) is 0 Å². The van der Waals surface area contributed by atoms with E-state index < -0.39 is 12.3 Å². The van der Waals surface area contributed by atoms with Gasteiger partial charge in [-0.2, -0.15) is 0 Å². The van der Waals surface area contributed by atoms with E-state index in [4.69, 9.17) is 4.74 Å². The van der Waals surface area contributed by atoms with Gasteiger partial charge in [-0.15, -0.1) is 13.2 Å². The van der Waals surface area contributed by atoms with Crippen molar-refractivity contribution in [3.8, 4) is 5.75 Å². The predicted octanol–water partition coefficient (Wildman–Crippen LogP) is 8.86. The Bertz CT molecular complexity index is 1080. The van der Waals surface area contributed by atoms with E-state index in [9.17, 15) is 22.0 Å². The highest BCUT2D eigenvalue weighted by atomic mass is 19.4. The van der Waals surface area contributed by atoms with Gasteiger partial charge in [0, 0.05) is 32.5 Å². The summed E-state index contributed by atoms with van der Waals surface area (Å²) < 4.78 is 78.1. The molecule has 3 unspecified atom stereocenters. The molecule has 3 atom stereocenters. The van der Waals surface area contributed by atoms with Gasteiger partial charge in [-0.1, -0.05) is 25.5 Å². The highest BCUT2D eigenvalue weighted by molar-refractivity contribution is 5.38. The van der Waals surface area contributed by atoms with Gasteiger partial charge < -0.3 is 14.4 Å². The van der Waals surface area contributed by atoms with Crippen molar-refractivity contribution in [2.24, 2.45) is 40.4 Å². The van der Waals surface area contributed by atoms with Gasteiger partial charge in [0.1, 0.15) is 5.75 Å². The SMILES string of the molecule is CCOCC1(CC(C2CC(F)(F)C2)C(C(CC2CN(C)C2)C2(C)CCC2)C2(c3ccc(OC(F)(F)F)cc3)CC2)CC1. The first-order valence-electron chi connectivity index (χ1n) is 16.3. The molecule has 0 bridgehead atoms. The Kier molecular flexibility index (Phi) is 7.93. The Balaban J connectivity index is 1.39. The number of ether oxygens (including phenoxy) is 2. The molecular formula is C34H48F5NO2. The van der Waals surface area contributed by atoms with E-state index in [1.807, 2.05) is 19.1 Å². The monoisotopic (exact) mass is 597 g/mol. The summed E-state index contributed by atoms with van der Waals surface area (Å²) >= 11 is 0. The average molecular weight is 598 g/mol. The van der Waals surface area contributed by atoms with Gasteiger partial charge in [0.05, 0.1) is 6.61 Å². The third-order valence-corrected chi connectivity index (χ3v) is 12.1. The molecule has 4 saturated carbocycles. The van der Waals surface area contributed by atoms with Crippen molar-refractivity contribution in [2.45, 2.75) is 102 Å². The molecule has 0 radical (unpaired) electrons.